The Balaban J connectivity index is 1.92. The van der Waals surface area contributed by atoms with E-state index in [-0.39, 0.29) is 5.60 Å². The molecule has 102 valence electrons. The summed E-state index contributed by atoms with van der Waals surface area (Å²) in [6.45, 7) is 9.74. The fraction of sp³-hybridized carbons (Fsp3) is 0.733. The molecular formula is C15H25NOS. The zero-order valence-corrected chi connectivity index (χ0v) is 12.8. The van der Waals surface area contributed by atoms with Gasteiger partial charge in [-0.15, -0.1) is 11.3 Å². The van der Waals surface area contributed by atoms with Crippen LogP contribution in [0.4, 0.5) is 0 Å². The average molecular weight is 267 g/mol. The molecule has 18 heavy (non-hydrogen) atoms. The van der Waals surface area contributed by atoms with Gasteiger partial charge in [0.25, 0.3) is 0 Å². The Labute approximate surface area is 115 Å². The van der Waals surface area contributed by atoms with E-state index in [1.807, 2.05) is 11.3 Å². The predicted molar refractivity (Wildman–Crippen MR) is 78.3 cm³/mol. The first kappa shape index (κ1) is 14.0. The quantitative estimate of drug-likeness (QED) is 0.893. The van der Waals surface area contributed by atoms with Gasteiger partial charge in [-0.05, 0) is 52.2 Å². The predicted octanol–water partition coefficient (Wildman–Crippen LogP) is 3.92. The summed E-state index contributed by atoms with van der Waals surface area (Å²) in [5.41, 5.74) is 0.0274. The fourth-order valence-electron chi connectivity index (χ4n) is 2.63. The highest BCUT2D eigenvalue weighted by atomic mass is 32.1. The molecule has 1 N–H and O–H groups in total. The molecule has 2 heterocycles. The smallest absolute Gasteiger partial charge is 0.0641 e. The number of nitrogens with one attached hydrogen (secondary N) is 1. The molecule has 0 bridgehead atoms. The van der Waals surface area contributed by atoms with Crippen molar-refractivity contribution in [1.82, 2.24) is 5.32 Å². The van der Waals surface area contributed by atoms with Crippen molar-refractivity contribution >= 4 is 11.3 Å². The summed E-state index contributed by atoms with van der Waals surface area (Å²) in [5, 5.41) is 3.76. The Kier molecular flexibility index (Phi) is 4.46. The Morgan fingerprint density at radius 3 is 2.89 bits per heavy atom. The molecule has 2 nitrogen and oxygen atoms in total. The maximum atomic E-state index is 5.77. The Bertz CT molecular complexity index is 386. The molecule has 1 aromatic rings. The number of ether oxygens (including phenoxy) is 1. The first-order valence-corrected chi connectivity index (χ1v) is 7.80. The molecule has 0 aliphatic carbocycles. The van der Waals surface area contributed by atoms with Gasteiger partial charge in [0, 0.05) is 28.4 Å². The first-order valence-electron chi connectivity index (χ1n) is 6.99. The minimum Gasteiger partial charge on any atom is -0.375 e. The first-order chi connectivity index (χ1) is 8.50. The van der Waals surface area contributed by atoms with Crippen LogP contribution in [0.2, 0.25) is 0 Å². The van der Waals surface area contributed by atoms with Crippen molar-refractivity contribution in [3.63, 3.8) is 0 Å². The van der Waals surface area contributed by atoms with Crippen LogP contribution in [0.15, 0.2) is 12.1 Å². The van der Waals surface area contributed by atoms with E-state index in [0.29, 0.717) is 12.1 Å². The van der Waals surface area contributed by atoms with Crippen LogP contribution in [0.3, 0.4) is 0 Å². The van der Waals surface area contributed by atoms with Crippen LogP contribution in [-0.4, -0.2) is 18.2 Å². The van der Waals surface area contributed by atoms with E-state index in [0.717, 1.165) is 25.9 Å². The van der Waals surface area contributed by atoms with Crippen LogP contribution in [-0.2, 0) is 11.2 Å². The van der Waals surface area contributed by atoms with Gasteiger partial charge in [0.2, 0.25) is 0 Å². The second-order valence-corrected chi connectivity index (χ2v) is 7.04. The topological polar surface area (TPSA) is 21.3 Å². The third-order valence-corrected chi connectivity index (χ3v) is 5.05. The summed E-state index contributed by atoms with van der Waals surface area (Å²) in [7, 11) is 0. The summed E-state index contributed by atoms with van der Waals surface area (Å²) in [4.78, 5) is 2.93. The summed E-state index contributed by atoms with van der Waals surface area (Å²) >= 11 is 1.94. The second kappa shape index (κ2) is 5.72. The maximum Gasteiger partial charge on any atom is 0.0641 e. The molecule has 0 radical (unpaired) electrons. The molecule has 1 aliphatic rings. The lowest BCUT2D eigenvalue weighted by molar-refractivity contribution is -0.0639. The SMILES string of the molecule is CCc1ccc(C(C)NC2CCOC(C)(C)C2)s1. The lowest BCUT2D eigenvalue weighted by Crippen LogP contribution is -2.44. The normalized spacial score (nSPS) is 25.0. The highest BCUT2D eigenvalue weighted by Crippen LogP contribution is 2.28. The molecule has 2 rings (SSSR count). The number of hydrogen-bond donors (Lipinski definition) is 1. The number of hydrogen-bond acceptors (Lipinski definition) is 3. The van der Waals surface area contributed by atoms with Gasteiger partial charge in [-0.1, -0.05) is 6.92 Å². The van der Waals surface area contributed by atoms with Gasteiger partial charge < -0.3 is 10.1 Å². The Hall–Kier alpha value is -0.380. The number of rotatable bonds is 4. The van der Waals surface area contributed by atoms with Crippen molar-refractivity contribution in [3.05, 3.63) is 21.9 Å². The van der Waals surface area contributed by atoms with E-state index < -0.39 is 0 Å². The highest BCUT2D eigenvalue weighted by molar-refractivity contribution is 7.12. The number of aryl methyl sites for hydroxylation is 1. The summed E-state index contributed by atoms with van der Waals surface area (Å²) in [5.74, 6) is 0. The van der Waals surface area contributed by atoms with Crippen molar-refractivity contribution in [1.29, 1.82) is 0 Å². The van der Waals surface area contributed by atoms with Crippen molar-refractivity contribution in [2.75, 3.05) is 6.61 Å². The zero-order valence-electron chi connectivity index (χ0n) is 12.0. The van der Waals surface area contributed by atoms with Gasteiger partial charge in [-0.3, -0.25) is 0 Å². The Morgan fingerprint density at radius 2 is 2.28 bits per heavy atom. The average Bonchev–Trinajstić information content (AvgIpc) is 2.76. The minimum atomic E-state index is 0.0274. The summed E-state index contributed by atoms with van der Waals surface area (Å²) in [6, 6.07) is 5.56. The van der Waals surface area contributed by atoms with Crippen LogP contribution < -0.4 is 5.32 Å². The van der Waals surface area contributed by atoms with E-state index in [1.54, 1.807) is 0 Å². The van der Waals surface area contributed by atoms with Gasteiger partial charge in [-0.2, -0.15) is 0 Å². The van der Waals surface area contributed by atoms with Crippen molar-refractivity contribution < 1.29 is 4.74 Å². The van der Waals surface area contributed by atoms with E-state index in [9.17, 15) is 0 Å². The van der Waals surface area contributed by atoms with Crippen molar-refractivity contribution in [2.24, 2.45) is 0 Å². The van der Waals surface area contributed by atoms with Crippen molar-refractivity contribution in [2.45, 2.75) is 64.6 Å². The largest absolute Gasteiger partial charge is 0.375 e. The van der Waals surface area contributed by atoms with Gasteiger partial charge in [0.1, 0.15) is 0 Å². The van der Waals surface area contributed by atoms with Gasteiger partial charge in [-0.25, -0.2) is 0 Å². The lowest BCUT2D eigenvalue weighted by atomic mass is 9.93. The molecule has 1 aromatic heterocycles. The molecule has 0 amide bonds. The monoisotopic (exact) mass is 267 g/mol. The summed E-state index contributed by atoms with van der Waals surface area (Å²) in [6.07, 6.45) is 3.37. The van der Waals surface area contributed by atoms with Crippen LogP contribution in [0.5, 0.6) is 0 Å². The van der Waals surface area contributed by atoms with E-state index >= 15 is 0 Å². The van der Waals surface area contributed by atoms with Gasteiger partial charge in [0.05, 0.1) is 5.60 Å². The second-order valence-electron chi connectivity index (χ2n) is 5.84. The maximum absolute atomic E-state index is 5.77. The van der Waals surface area contributed by atoms with E-state index in [4.69, 9.17) is 4.74 Å². The molecule has 0 saturated carbocycles. The lowest BCUT2D eigenvalue weighted by Gasteiger charge is -2.37. The van der Waals surface area contributed by atoms with Gasteiger partial charge in [0.15, 0.2) is 0 Å². The van der Waals surface area contributed by atoms with E-state index in [2.05, 4.69) is 45.1 Å². The zero-order chi connectivity index (χ0) is 13.2. The molecule has 3 heteroatoms. The molecule has 1 aliphatic heterocycles. The number of thiophene rings is 1. The van der Waals surface area contributed by atoms with Crippen LogP contribution in [0.25, 0.3) is 0 Å². The standard InChI is InChI=1S/C15H25NOS/c1-5-13-6-7-14(18-13)11(2)16-12-8-9-17-15(3,4)10-12/h6-7,11-12,16H,5,8-10H2,1-4H3. The van der Waals surface area contributed by atoms with Crippen molar-refractivity contribution in [3.8, 4) is 0 Å². The van der Waals surface area contributed by atoms with Crippen LogP contribution in [0.1, 0.15) is 56.3 Å². The molecule has 1 fully saturated rings. The van der Waals surface area contributed by atoms with E-state index in [1.165, 1.54) is 9.75 Å². The minimum absolute atomic E-state index is 0.0274. The molecule has 1 saturated heterocycles. The van der Waals surface area contributed by atoms with Crippen LogP contribution >= 0.6 is 11.3 Å². The Morgan fingerprint density at radius 1 is 1.50 bits per heavy atom. The highest BCUT2D eigenvalue weighted by Gasteiger charge is 2.29. The molecule has 2 atom stereocenters. The van der Waals surface area contributed by atoms with Gasteiger partial charge >= 0.3 is 0 Å². The fourth-order valence-corrected chi connectivity index (χ4v) is 3.59. The molecule has 0 spiro atoms. The van der Waals surface area contributed by atoms with Crippen LogP contribution in [0, 0.1) is 0 Å². The summed E-state index contributed by atoms with van der Waals surface area (Å²) < 4.78 is 5.77. The molecular weight excluding hydrogens is 242 g/mol. The molecule has 0 aromatic carbocycles. The molecule has 2 unspecified atom stereocenters. The third-order valence-electron chi connectivity index (χ3n) is 3.64. The third kappa shape index (κ3) is 3.56.